The van der Waals surface area contributed by atoms with E-state index in [1.54, 1.807) is 0 Å². The Labute approximate surface area is 207 Å². The van der Waals surface area contributed by atoms with Crippen LogP contribution in [0.2, 0.25) is 0 Å². The molecule has 0 aliphatic rings. The van der Waals surface area contributed by atoms with Crippen molar-refractivity contribution in [3.05, 3.63) is 0 Å². The third-order valence-corrected chi connectivity index (χ3v) is 6.43. The van der Waals surface area contributed by atoms with E-state index in [9.17, 15) is 8.42 Å². The Hall–Kier alpha value is -0.170. The van der Waals surface area contributed by atoms with Crippen molar-refractivity contribution in [1.29, 1.82) is 0 Å². The Balaban J connectivity index is 0. The summed E-state index contributed by atoms with van der Waals surface area (Å²) in [6.45, 7) is 8.86. The highest BCUT2D eigenvalue weighted by Gasteiger charge is 2.08. The van der Waals surface area contributed by atoms with Crippen LogP contribution in [0.5, 0.6) is 0 Å². The van der Waals surface area contributed by atoms with E-state index in [-0.39, 0.29) is 19.3 Å². The molecule has 1 atom stereocenters. The van der Waals surface area contributed by atoms with Crippen LogP contribution in [0.1, 0.15) is 156 Å². The molecule has 1 N–H and O–H groups in total. The zero-order chi connectivity index (χ0) is 25.0. The summed E-state index contributed by atoms with van der Waals surface area (Å²) in [5.41, 5.74) is 0. The minimum absolute atomic E-state index is 0.134. The van der Waals surface area contributed by atoms with Gasteiger partial charge in [-0.2, -0.15) is 8.42 Å². The van der Waals surface area contributed by atoms with Gasteiger partial charge in [-0.05, 0) is 12.8 Å². The highest BCUT2D eigenvalue weighted by atomic mass is 32.3. The van der Waals surface area contributed by atoms with Gasteiger partial charge in [0.1, 0.15) is 0 Å². The van der Waals surface area contributed by atoms with E-state index in [1.165, 1.54) is 109 Å². The second-order valence-electron chi connectivity index (χ2n) is 9.24. The molecule has 0 aromatic carbocycles. The summed E-state index contributed by atoms with van der Waals surface area (Å²) in [6, 6.07) is 0. The van der Waals surface area contributed by atoms with Crippen molar-refractivity contribution in [3.63, 3.8) is 0 Å². The third kappa shape index (κ3) is 34.1. The SMILES string of the molecule is CCCCCCCC(CC)OCCOS(=O)(=O)O.CCCCCCCCCCCCCCC. The van der Waals surface area contributed by atoms with Crippen LogP contribution in [0.4, 0.5) is 0 Å². The quantitative estimate of drug-likeness (QED) is 0.107. The minimum atomic E-state index is -4.34. The van der Waals surface area contributed by atoms with Gasteiger partial charge in [0.05, 0.1) is 19.3 Å². The number of unbranched alkanes of at least 4 members (excludes halogenated alkanes) is 16. The molecule has 5 nitrogen and oxygen atoms in total. The smallest absolute Gasteiger partial charge is 0.376 e. The van der Waals surface area contributed by atoms with E-state index in [0.717, 1.165) is 19.3 Å². The van der Waals surface area contributed by atoms with Gasteiger partial charge in [0.15, 0.2) is 0 Å². The molecule has 0 bridgehead atoms. The molecular weight excluding hydrogens is 436 g/mol. The molecule has 202 valence electrons. The Bertz CT molecular complexity index is 441. The summed E-state index contributed by atoms with van der Waals surface area (Å²) in [6.07, 6.45) is 27.1. The topological polar surface area (TPSA) is 72.8 Å². The van der Waals surface area contributed by atoms with E-state index >= 15 is 0 Å². The molecule has 0 aromatic rings. The van der Waals surface area contributed by atoms with Gasteiger partial charge in [0, 0.05) is 0 Å². The predicted molar refractivity (Wildman–Crippen MR) is 142 cm³/mol. The minimum Gasteiger partial charge on any atom is -0.376 e. The molecule has 0 amide bonds. The fourth-order valence-corrected chi connectivity index (χ4v) is 4.10. The molecule has 0 fully saturated rings. The van der Waals surface area contributed by atoms with Gasteiger partial charge >= 0.3 is 10.4 Å². The Kier molecular flexibility index (Phi) is 29.8. The molecule has 0 saturated carbocycles. The third-order valence-electron chi connectivity index (χ3n) is 5.96. The lowest BCUT2D eigenvalue weighted by molar-refractivity contribution is 0.0245. The van der Waals surface area contributed by atoms with Crippen molar-refractivity contribution < 1.29 is 21.9 Å². The molecule has 0 saturated heterocycles. The molecule has 0 heterocycles. The van der Waals surface area contributed by atoms with Gasteiger partial charge in [0.25, 0.3) is 0 Å². The highest BCUT2D eigenvalue weighted by molar-refractivity contribution is 7.80. The van der Waals surface area contributed by atoms with E-state index in [0.29, 0.717) is 0 Å². The summed E-state index contributed by atoms with van der Waals surface area (Å²) in [5.74, 6) is 0. The van der Waals surface area contributed by atoms with Gasteiger partial charge in [-0.1, -0.05) is 143 Å². The molecule has 0 radical (unpaired) electrons. The van der Waals surface area contributed by atoms with Crippen LogP contribution in [0.25, 0.3) is 0 Å². The van der Waals surface area contributed by atoms with Gasteiger partial charge in [-0.25, -0.2) is 4.18 Å². The highest BCUT2D eigenvalue weighted by Crippen LogP contribution is 2.13. The maximum Gasteiger partial charge on any atom is 0.397 e. The van der Waals surface area contributed by atoms with Crippen molar-refractivity contribution >= 4 is 10.4 Å². The maximum atomic E-state index is 10.3. The fraction of sp³-hybridized carbons (Fsp3) is 1.00. The summed E-state index contributed by atoms with van der Waals surface area (Å²) in [5, 5.41) is 0. The molecule has 0 rings (SSSR count). The first-order chi connectivity index (χ1) is 15.9. The largest absolute Gasteiger partial charge is 0.397 e. The van der Waals surface area contributed by atoms with E-state index in [2.05, 4.69) is 25.0 Å². The van der Waals surface area contributed by atoms with Crippen molar-refractivity contribution in [2.75, 3.05) is 13.2 Å². The average Bonchev–Trinajstić information content (AvgIpc) is 2.78. The molecule has 0 aliphatic carbocycles. The van der Waals surface area contributed by atoms with Crippen molar-refractivity contribution in [2.45, 2.75) is 162 Å². The first kappa shape index (κ1) is 35.0. The zero-order valence-corrected chi connectivity index (χ0v) is 23.4. The Morgan fingerprint density at radius 2 is 0.939 bits per heavy atom. The zero-order valence-electron chi connectivity index (χ0n) is 22.6. The molecular formula is C27H58O5S. The fourth-order valence-electron chi connectivity index (χ4n) is 3.83. The summed E-state index contributed by atoms with van der Waals surface area (Å²) >= 11 is 0. The van der Waals surface area contributed by atoms with Crippen molar-refractivity contribution in [2.24, 2.45) is 0 Å². The van der Waals surface area contributed by atoms with Crippen molar-refractivity contribution in [3.8, 4) is 0 Å². The first-order valence-electron chi connectivity index (χ1n) is 14.1. The van der Waals surface area contributed by atoms with Crippen LogP contribution >= 0.6 is 0 Å². The lowest BCUT2D eigenvalue weighted by Gasteiger charge is -2.15. The van der Waals surface area contributed by atoms with Crippen LogP contribution in [-0.2, 0) is 19.3 Å². The summed E-state index contributed by atoms with van der Waals surface area (Å²) < 4.78 is 38.6. The second kappa shape index (κ2) is 28.1. The summed E-state index contributed by atoms with van der Waals surface area (Å²) in [7, 11) is -4.34. The normalized spacial score (nSPS) is 12.4. The number of ether oxygens (including phenoxy) is 1. The molecule has 6 heteroatoms. The first-order valence-corrected chi connectivity index (χ1v) is 15.5. The van der Waals surface area contributed by atoms with Crippen molar-refractivity contribution in [1.82, 2.24) is 0 Å². The predicted octanol–water partition coefficient (Wildman–Crippen LogP) is 9.06. The number of hydrogen-bond donors (Lipinski definition) is 1. The van der Waals surface area contributed by atoms with Gasteiger partial charge in [-0.3, -0.25) is 4.55 Å². The lowest BCUT2D eigenvalue weighted by Crippen LogP contribution is -2.17. The number of hydrogen-bond acceptors (Lipinski definition) is 4. The van der Waals surface area contributed by atoms with Crippen LogP contribution < -0.4 is 0 Å². The van der Waals surface area contributed by atoms with Gasteiger partial charge in [-0.15, -0.1) is 0 Å². The Morgan fingerprint density at radius 3 is 1.27 bits per heavy atom. The molecule has 33 heavy (non-hydrogen) atoms. The molecule has 0 aromatic heterocycles. The molecule has 0 aliphatic heterocycles. The van der Waals surface area contributed by atoms with Crippen LogP contribution in [0.3, 0.4) is 0 Å². The van der Waals surface area contributed by atoms with Crippen LogP contribution in [-0.4, -0.2) is 32.3 Å². The van der Waals surface area contributed by atoms with Gasteiger partial charge < -0.3 is 4.74 Å². The molecule has 1 unspecified atom stereocenters. The van der Waals surface area contributed by atoms with Crippen LogP contribution in [0, 0.1) is 0 Å². The lowest BCUT2D eigenvalue weighted by atomic mass is 10.1. The Morgan fingerprint density at radius 1 is 0.576 bits per heavy atom. The second-order valence-corrected chi connectivity index (χ2v) is 10.3. The standard InChI is InChI=1S/C15H32.C12H26O5S/c1-3-5-7-9-11-13-15-14-12-10-8-6-4-2;1-3-5-6-7-8-9-12(4-2)16-10-11-17-18(13,14)15/h3-15H2,1-2H3;12H,3-11H2,1-2H3,(H,13,14,15). The van der Waals surface area contributed by atoms with Crippen LogP contribution in [0.15, 0.2) is 0 Å². The van der Waals surface area contributed by atoms with E-state index < -0.39 is 10.4 Å². The maximum absolute atomic E-state index is 10.3. The summed E-state index contributed by atoms with van der Waals surface area (Å²) in [4.78, 5) is 0. The monoisotopic (exact) mass is 494 g/mol. The number of rotatable bonds is 24. The van der Waals surface area contributed by atoms with Gasteiger partial charge in [0.2, 0.25) is 0 Å². The molecule has 0 spiro atoms. The van der Waals surface area contributed by atoms with E-state index in [4.69, 9.17) is 9.29 Å². The van der Waals surface area contributed by atoms with E-state index in [1.807, 2.05) is 6.92 Å². The average molecular weight is 495 g/mol.